The van der Waals surface area contributed by atoms with Crippen molar-refractivity contribution in [2.75, 3.05) is 26.2 Å². The first kappa shape index (κ1) is 15.4. The van der Waals surface area contributed by atoms with E-state index in [1.807, 2.05) is 11.0 Å². The van der Waals surface area contributed by atoms with Crippen molar-refractivity contribution >= 4 is 21.8 Å². The van der Waals surface area contributed by atoms with Crippen molar-refractivity contribution in [2.24, 2.45) is 5.73 Å². The van der Waals surface area contributed by atoms with Crippen molar-refractivity contribution in [1.29, 1.82) is 0 Å². The van der Waals surface area contributed by atoms with Crippen LogP contribution in [0.2, 0.25) is 0 Å². The van der Waals surface area contributed by atoms with Gasteiger partial charge in [-0.2, -0.15) is 0 Å². The molecule has 20 heavy (non-hydrogen) atoms. The maximum atomic E-state index is 12.3. The number of rotatable bonds is 5. The van der Waals surface area contributed by atoms with Crippen molar-refractivity contribution in [3.8, 4) is 0 Å². The van der Waals surface area contributed by atoms with Crippen LogP contribution in [0.1, 0.15) is 29.8 Å². The number of halogens is 1. The van der Waals surface area contributed by atoms with E-state index in [0.717, 1.165) is 36.8 Å². The fraction of sp³-hybridized carbons (Fsp3) is 0.571. The molecule has 6 heteroatoms. The summed E-state index contributed by atoms with van der Waals surface area (Å²) in [5.74, 6) is -0.00194. The summed E-state index contributed by atoms with van der Waals surface area (Å²) < 4.78 is 6.61. The highest BCUT2D eigenvalue weighted by Crippen LogP contribution is 2.16. The summed E-state index contributed by atoms with van der Waals surface area (Å²) in [5, 5.41) is 0. The molecule has 1 saturated heterocycles. The highest BCUT2D eigenvalue weighted by molar-refractivity contribution is 9.10. The van der Waals surface area contributed by atoms with Gasteiger partial charge in [-0.3, -0.25) is 4.79 Å². The molecule has 5 nitrogen and oxygen atoms in total. The van der Waals surface area contributed by atoms with E-state index in [9.17, 15) is 4.79 Å². The number of amides is 1. The number of likely N-dealkylation sites (tertiary alicyclic amines) is 1. The average Bonchev–Trinajstić information content (AvgIpc) is 2.48. The number of hydrogen-bond donors (Lipinski definition) is 1. The molecule has 1 fully saturated rings. The highest BCUT2D eigenvalue weighted by atomic mass is 79.9. The third-order valence-electron chi connectivity index (χ3n) is 3.38. The fourth-order valence-corrected chi connectivity index (χ4v) is 2.46. The molecule has 1 aliphatic rings. The van der Waals surface area contributed by atoms with Crippen LogP contribution in [-0.2, 0) is 4.74 Å². The maximum absolute atomic E-state index is 12.3. The molecule has 2 N–H and O–H groups in total. The lowest BCUT2D eigenvalue weighted by Gasteiger charge is -2.31. The Balaban J connectivity index is 1.81. The van der Waals surface area contributed by atoms with Crippen LogP contribution >= 0.6 is 15.9 Å². The van der Waals surface area contributed by atoms with Crippen LogP contribution < -0.4 is 5.73 Å². The van der Waals surface area contributed by atoms with Crippen molar-refractivity contribution < 1.29 is 9.53 Å². The zero-order valence-electron chi connectivity index (χ0n) is 11.4. The van der Waals surface area contributed by atoms with Crippen LogP contribution in [0.4, 0.5) is 0 Å². The number of nitrogens with zero attached hydrogens (tertiary/aromatic N) is 2. The van der Waals surface area contributed by atoms with Gasteiger partial charge in [-0.1, -0.05) is 0 Å². The van der Waals surface area contributed by atoms with E-state index in [2.05, 4.69) is 20.9 Å². The lowest BCUT2D eigenvalue weighted by atomic mass is 10.1. The van der Waals surface area contributed by atoms with Crippen molar-refractivity contribution in [2.45, 2.75) is 25.4 Å². The molecule has 0 bridgehead atoms. The minimum Gasteiger partial charge on any atom is -0.378 e. The summed E-state index contributed by atoms with van der Waals surface area (Å²) >= 11 is 3.32. The fourth-order valence-electron chi connectivity index (χ4n) is 2.22. The molecule has 0 aromatic carbocycles. The number of hydrogen-bond acceptors (Lipinski definition) is 4. The lowest BCUT2D eigenvalue weighted by molar-refractivity contribution is 0.00829. The molecule has 0 saturated carbocycles. The first-order valence-corrected chi connectivity index (χ1v) is 7.72. The number of aromatic nitrogens is 1. The van der Waals surface area contributed by atoms with Gasteiger partial charge in [0.25, 0.3) is 5.91 Å². The van der Waals surface area contributed by atoms with Crippen LogP contribution in [0, 0.1) is 0 Å². The second-order valence-corrected chi connectivity index (χ2v) is 5.78. The summed E-state index contributed by atoms with van der Waals surface area (Å²) in [5.41, 5.74) is 5.93. The number of nitrogens with two attached hydrogens (primary N) is 1. The Morgan fingerprint density at radius 2 is 2.20 bits per heavy atom. The quantitative estimate of drug-likeness (QED) is 0.829. The van der Waals surface area contributed by atoms with E-state index in [1.54, 1.807) is 12.3 Å². The minimum absolute atomic E-state index is 0.00194. The van der Waals surface area contributed by atoms with Gasteiger partial charge in [-0.15, -0.1) is 0 Å². The van der Waals surface area contributed by atoms with Crippen LogP contribution in [-0.4, -0.2) is 48.1 Å². The van der Waals surface area contributed by atoms with Gasteiger partial charge in [0, 0.05) is 30.4 Å². The van der Waals surface area contributed by atoms with Gasteiger partial charge < -0.3 is 15.4 Å². The monoisotopic (exact) mass is 341 g/mol. The highest BCUT2D eigenvalue weighted by Gasteiger charge is 2.24. The summed E-state index contributed by atoms with van der Waals surface area (Å²) in [4.78, 5) is 18.3. The Hall–Kier alpha value is -0.980. The molecular formula is C14H20BrN3O2. The molecule has 1 amide bonds. The summed E-state index contributed by atoms with van der Waals surface area (Å²) in [6.45, 7) is 2.82. The van der Waals surface area contributed by atoms with Crippen molar-refractivity contribution in [3.63, 3.8) is 0 Å². The van der Waals surface area contributed by atoms with Gasteiger partial charge in [0.2, 0.25) is 0 Å². The molecule has 0 atom stereocenters. The Labute approximate surface area is 127 Å². The zero-order valence-corrected chi connectivity index (χ0v) is 13.0. The van der Waals surface area contributed by atoms with E-state index in [-0.39, 0.29) is 12.0 Å². The Morgan fingerprint density at radius 1 is 1.45 bits per heavy atom. The van der Waals surface area contributed by atoms with E-state index >= 15 is 0 Å². The summed E-state index contributed by atoms with van der Waals surface area (Å²) in [7, 11) is 0. The number of pyridine rings is 1. The lowest BCUT2D eigenvalue weighted by Crippen LogP contribution is -2.41. The van der Waals surface area contributed by atoms with Crippen LogP contribution in [0.5, 0.6) is 0 Å². The zero-order chi connectivity index (χ0) is 14.4. The van der Waals surface area contributed by atoms with Gasteiger partial charge >= 0.3 is 0 Å². The average molecular weight is 342 g/mol. The van der Waals surface area contributed by atoms with E-state index < -0.39 is 0 Å². The van der Waals surface area contributed by atoms with Gasteiger partial charge in [-0.25, -0.2) is 4.98 Å². The SMILES string of the molecule is NCCCOC1CCN(C(=O)c2ccc(Br)cn2)CC1. The third-order valence-corrected chi connectivity index (χ3v) is 3.85. The Kier molecular flexibility index (Phi) is 5.94. The van der Waals surface area contributed by atoms with Gasteiger partial charge in [0.1, 0.15) is 5.69 Å². The second kappa shape index (κ2) is 7.71. The third kappa shape index (κ3) is 4.26. The van der Waals surface area contributed by atoms with E-state index in [1.165, 1.54) is 0 Å². The molecule has 0 unspecified atom stereocenters. The second-order valence-electron chi connectivity index (χ2n) is 4.87. The summed E-state index contributed by atoms with van der Waals surface area (Å²) in [6.07, 6.45) is 4.56. The predicted octanol–water partition coefficient (Wildman–Crippen LogP) is 1.81. The molecule has 110 valence electrons. The normalized spacial score (nSPS) is 16.4. The Bertz CT molecular complexity index is 431. The van der Waals surface area contributed by atoms with Gasteiger partial charge in [-0.05, 0) is 53.9 Å². The molecule has 2 heterocycles. The standard InChI is InChI=1S/C14H20BrN3O2/c15-11-2-3-13(17-10-11)14(19)18-7-4-12(5-8-18)20-9-1-6-16/h2-3,10,12H,1,4-9,16H2. The minimum atomic E-state index is -0.00194. The molecule has 0 radical (unpaired) electrons. The predicted molar refractivity (Wildman–Crippen MR) is 80.5 cm³/mol. The van der Waals surface area contributed by atoms with Crippen LogP contribution in [0.15, 0.2) is 22.8 Å². The summed E-state index contributed by atoms with van der Waals surface area (Å²) in [6, 6.07) is 3.58. The molecular weight excluding hydrogens is 322 g/mol. The van der Waals surface area contributed by atoms with Crippen molar-refractivity contribution in [1.82, 2.24) is 9.88 Å². The van der Waals surface area contributed by atoms with Gasteiger partial charge in [0.15, 0.2) is 0 Å². The van der Waals surface area contributed by atoms with Gasteiger partial charge in [0.05, 0.1) is 6.10 Å². The molecule has 1 aromatic heterocycles. The molecule has 1 aliphatic heterocycles. The number of carbonyl (C=O) groups is 1. The molecule has 0 spiro atoms. The molecule has 1 aromatic rings. The first-order valence-electron chi connectivity index (χ1n) is 6.93. The van der Waals surface area contributed by atoms with E-state index in [4.69, 9.17) is 10.5 Å². The topological polar surface area (TPSA) is 68.5 Å². The maximum Gasteiger partial charge on any atom is 0.272 e. The number of piperidine rings is 1. The Morgan fingerprint density at radius 3 is 2.80 bits per heavy atom. The first-order chi connectivity index (χ1) is 9.70. The molecule has 2 rings (SSSR count). The molecule has 0 aliphatic carbocycles. The number of carbonyl (C=O) groups excluding carboxylic acids is 1. The largest absolute Gasteiger partial charge is 0.378 e. The van der Waals surface area contributed by atoms with Crippen LogP contribution in [0.25, 0.3) is 0 Å². The van der Waals surface area contributed by atoms with Crippen molar-refractivity contribution in [3.05, 3.63) is 28.5 Å². The number of ether oxygens (including phenoxy) is 1. The smallest absolute Gasteiger partial charge is 0.272 e. The van der Waals surface area contributed by atoms with Crippen LogP contribution in [0.3, 0.4) is 0 Å². The van der Waals surface area contributed by atoms with E-state index in [0.29, 0.717) is 18.8 Å².